The van der Waals surface area contributed by atoms with E-state index in [-0.39, 0.29) is 5.56 Å². The molecule has 3 heterocycles. The number of hydrogen-bond acceptors (Lipinski definition) is 4. The molecule has 2 aromatic heterocycles. The Balaban J connectivity index is 2.08. The zero-order valence-electron chi connectivity index (χ0n) is 12.0. The summed E-state index contributed by atoms with van der Waals surface area (Å²) in [6.45, 7) is 5.93. The molecule has 5 nitrogen and oxygen atoms in total. The fourth-order valence-electron chi connectivity index (χ4n) is 3.18. The lowest BCUT2D eigenvalue weighted by Gasteiger charge is -2.22. The van der Waals surface area contributed by atoms with Gasteiger partial charge in [-0.15, -0.1) is 0 Å². The van der Waals surface area contributed by atoms with Gasteiger partial charge in [0.25, 0.3) is 5.56 Å². The molecule has 6 heteroatoms. The number of piperidine rings is 1. The van der Waals surface area contributed by atoms with E-state index < -0.39 is 0 Å². The Bertz CT molecular complexity index is 975. The first-order chi connectivity index (χ1) is 10.6. The normalized spacial score (nSPS) is 16.6. The molecule has 1 aliphatic heterocycles. The molecule has 1 aliphatic rings. The lowest BCUT2D eigenvalue weighted by atomic mass is 9.94. The number of aromatic nitrogens is 3. The number of benzene rings is 1. The number of fused-ring (bicyclic) bond motifs is 3. The Morgan fingerprint density at radius 2 is 2.09 bits per heavy atom. The average molecular weight is 359 g/mol. The molecule has 0 spiro atoms. The van der Waals surface area contributed by atoms with Crippen molar-refractivity contribution in [3.05, 3.63) is 43.9 Å². The Kier molecular flexibility index (Phi) is 3.23. The van der Waals surface area contributed by atoms with Crippen LogP contribution in [0.4, 0.5) is 0 Å². The number of halogens is 1. The van der Waals surface area contributed by atoms with Crippen LogP contribution in [0, 0.1) is 0 Å². The van der Waals surface area contributed by atoms with Crippen molar-refractivity contribution in [3.8, 4) is 0 Å². The summed E-state index contributed by atoms with van der Waals surface area (Å²) in [6.07, 6.45) is 2.02. The third-order valence-corrected chi connectivity index (χ3v) is 5.23. The molecule has 1 aromatic carbocycles. The summed E-state index contributed by atoms with van der Waals surface area (Å²) in [7, 11) is 0. The van der Waals surface area contributed by atoms with Crippen molar-refractivity contribution < 1.29 is 0 Å². The fourth-order valence-corrected chi connectivity index (χ4v) is 3.69. The maximum Gasteiger partial charge on any atom is 0.273 e. The van der Waals surface area contributed by atoms with E-state index in [2.05, 4.69) is 37.9 Å². The van der Waals surface area contributed by atoms with Crippen molar-refractivity contribution in [2.45, 2.75) is 18.8 Å². The first kappa shape index (κ1) is 13.8. The summed E-state index contributed by atoms with van der Waals surface area (Å²) in [4.78, 5) is 16.3. The van der Waals surface area contributed by atoms with E-state index >= 15 is 0 Å². The Hall–Kier alpha value is -1.79. The van der Waals surface area contributed by atoms with Gasteiger partial charge < -0.3 is 5.32 Å². The van der Waals surface area contributed by atoms with Gasteiger partial charge in [0.05, 0.1) is 16.6 Å². The van der Waals surface area contributed by atoms with E-state index in [9.17, 15) is 4.79 Å². The summed E-state index contributed by atoms with van der Waals surface area (Å²) in [5.74, 6) is 0.340. The van der Waals surface area contributed by atoms with Gasteiger partial charge in [0.1, 0.15) is 0 Å². The van der Waals surface area contributed by atoms with Crippen molar-refractivity contribution in [1.29, 1.82) is 0 Å². The third kappa shape index (κ3) is 2.06. The zero-order valence-corrected chi connectivity index (χ0v) is 13.6. The lowest BCUT2D eigenvalue weighted by Crippen LogP contribution is -2.28. The lowest BCUT2D eigenvalue weighted by molar-refractivity contribution is 0.446. The van der Waals surface area contributed by atoms with Gasteiger partial charge in [0, 0.05) is 16.5 Å². The predicted octanol–water partition coefficient (Wildman–Crippen LogP) is 1.60. The molecule has 1 fully saturated rings. The number of nitrogens with zero attached hydrogens (tertiary/aromatic N) is 3. The molecule has 0 amide bonds. The predicted molar refractivity (Wildman–Crippen MR) is 90.0 cm³/mol. The van der Waals surface area contributed by atoms with E-state index in [0.717, 1.165) is 52.2 Å². The largest absolute Gasteiger partial charge is 0.317 e. The van der Waals surface area contributed by atoms with Crippen molar-refractivity contribution >= 4 is 39.1 Å². The minimum absolute atomic E-state index is 0.204. The molecule has 0 unspecified atom stereocenters. The van der Waals surface area contributed by atoms with E-state index in [1.54, 1.807) is 6.07 Å². The Labute approximate surface area is 135 Å². The topological polar surface area (TPSA) is 59.3 Å². The molecule has 1 saturated heterocycles. The number of nitrogens with one attached hydrogen (secondary N) is 1. The molecule has 4 rings (SSSR count). The summed E-state index contributed by atoms with van der Waals surface area (Å²) < 4.78 is 2.70. The quantitative estimate of drug-likeness (QED) is 0.717. The maximum atomic E-state index is 12.1. The van der Waals surface area contributed by atoms with Crippen LogP contribution >= 0.6 is 15.9 Å². The van der Waals surface area contributed by atoms with Gasteiger partial charge >= 0.3 is 0 Å². The van der Waals surface area contributed by atoms with E-state index in [0.29, 0.717) is 11.6 Å². The maximum absolute atomic E-state index is 12.1. The minimum Gasteiger partial charge on any atom is -0.317 e. The second kappa shape index (κ2) is 5.14. The average Bonchev–Trinajstić information content (AvgIpc) is 2.90. The van der Waals surface area contributed by atoms with Crippen LogP contribution in [-0.2, 0) is 0 Å². The van der Waals surface area contributed by atoms with Crippen LogP contribution in [0.5, 0.6) is 0 Å². The van der Waals surface area contributed by atoms with E-state index in [4.69, 9.17) is 0 Å². The van der Waals surface area contributed by atoms with Crippen molar-refractivity contribution in [1.82, 2.24) is 19.9 Å². The van der Waals surface area contributed by atoms with Crippen LogP contribution in [0.3, 0.4) is 0 Å². The molecule has 22 heavy (non-hydrogen) atoms. The van der Waals surface area contributed by atoms with E-state index in [1.165, 1.54) is 0 Å². The van der Waals surface area contributed by atoms with Crippen LogP contribution in [0.25, 0.3) is 23.1 Å². The third-order valence-electron chi connectivity index (χ3n) is 4.32. The molecule has 0 radical (unpaired) electrons. The van der Waals surface area contributed by atoms with Gasteiger partial charge in [0.15, 0.2) is 5.65 Å². The number of rotatable bonds is 1. The summed E-state index contributed by atoms with van der Waals surface area (Å²) in [5, 5.41) is 9.75. The van der Waals surface area contributed by atoms with Gasteiger partial charge in [-0.1, -0.05) is 12.6 Å². The molecular weight excluding hydrogens is 344 g/mol. The van der Waals surface area contributed by atoms with Crippen LogP contribution in [0.15, 0.2) is 27.5 Å². The van der Waals surface area contributed by atoms with Crippen molar-refractivity contribution in [3.63, 3.8) is 0 Å². The smallest absolute Gasteiger partial charge is 0.273 e. The highest BCUT2D eigenvalue weighted by Gasteiger charge is 2.21. The van der Waals surface area contributed by atoms with Crippen LogP contribution < -0.4 is 16.1 Å². The van der Waals surface area contributed by atoms with Gasteiger partial charge in [0.2, 0.25) is 0 Å². The van der Waals surface area contributed by atoms with Crippen molar-refractivity contribution in [2.75, 3.05) is 13.1 Å². The molecule has 1 N–H and O–H groups in total. The second-order valence-electron chi connectivity index (χ2n) is 5.71. The molecule has 3 aromatic rings. The van der Waals surface area contributed by atoms with Gasteiger partial charge in [-0.3, -0.25) is 4.79 Å². The molecule has 0 saturated carbocycles. The summed E-state index contributed by atoms with van der Waals surface area (Å²) in [6, 6.07) is 5.48. The zero-order chi connectivity index (χ0) is 15.3. The summed E-state index contributed by atoms with van der Waals surface area (Å²) in [5.41, 5.74) is 2.20. The van der Waals surface area contributed by atoms with Gasteiger partial charge in [-0.25, -0.2) is 4.52 Å². The standard InChI is InChI=1S/C16H15BrN4O/c1-9-2-3-11-14(15(9)17)16-19-13(22)8-12(21(16)20-11)10-4-6-18-7-5-10/h2-3,8,10,18H,1,4-7H2. The highest BCUT2D eigenvalue weighted by Crippen LogP contribution is 2.28. The minimum atomic E-state index is -0.204. The Morgan fingerprint density at radius 1 is 1.32 bits per heavy atom. The molecule has 0 atom stereocenters. The highest BCUT2D eigenvalue weighted by atomic mass is 79.9. The van der Waals surface area contributed by atoms with Gasteiger partial charge in [-0.2, -0.15) is 10.1 Å². The van der Waals surface area contributed by atoms with Crippen LogP contribution in [-0.4, -0.2) is 27.7 Å². The van der Waals surface area contributed by atoms with Crippen LogP contribution in [0.2, 0.25) is 0 Å². The van der Waals surface area contributed by atoms with Crippen LogP contribution in [0.1, 0.15) is 24.5 Å². The molecular formula is C16H15BrN4O. The Morgan fingerprint density at radius 3 is 2.86 bits per heavy atom. The molecule has 112 valence electrons. The highest BCUT2D eigenvalue weighted by molar-refractivity contribution is 9.10. The number of hydrogen-bond donors (Lipinski definition) is 1. The monoisotopic (exact) mass is 358 g/mol. The van der Waals surface area contributed by atoms with E-state index in [1.807, 2.05) is 16.6 Å². The summed E-state index contributed by atoms with van der Waals surface area (Å²) >= 11 is 3.56. The second-order valence-corrected chi connectivity index (χ2v) is 6.50. The van der Waals surface area contributed by atoms with Gasteiger partial charge in [-0.05, 0) is 53.1 Å². The SMILES string of the molecule is C=c1ccc2nn3c(C4CCNCC4)cc(=O)nc3c2c1Br. The first-order valence-electron chi connectivity index (χ1n) is 7.37. The fraction of sp³-hybridized carbons (Fsp3) is 0.312. The van der Waals surface area contributed by atoms with Crippen molar-refractivity contribution in [2.24, 2.45) is 0 Å². The first-order valence-corrected chi connectivity index (χ1v) is 8.16. The molecule has 0 bridgehead atoms. The molecule has 0 aliphatic carbocycles.